The highest BCUT2D eigenvalue weighted by molar-refractivity contribution is 6.18. The van der Waals surface area contributed by atoms with Gasteiger partial charge in [-0.25, -0.2) is 0 Å². The van der Waals surface area contributed by atoms with E-state index in [4.69, 9.17) is 23.2 Å². The van der Waals surface area contributed by atoms with E-state index in [9.17, 15) is 0 Å². The number of aryl methyl sites for hydroxylation is 1. The van der Waals surface area contributed by atoms with Crippen molar-refractivity contribution in [2.45, 2.75) is 12.3 Å². The Bertz CT molecular complexity index is 221. The average Bonchev–Trinajstić information content (AvgIpc) is 2.06. The molecule has 60 valence electrons. The van der Waals surface area contributed by atoms with Gasteiger partial charge in [0.1, 0.15) is 0 Å². The molecule has 0 radical (unpaired) electrons. The lowest BCUT2D eigenvalue weighted by molar-refractivity contribution is 1.14. The Morgan fingerprint density at radius 3 is 2.45 bits per heavy atom. The van der Waals surface area contributed by atoms with Crippen LogP contribution < -0.4 is 0 Å². The van der Waals surface area contributed by atoms with Crippen LogP contribution in [0, 0.1) is 0 Å². The quantitative estimate of drug-likeness (QED) is 0.640. The van der Waals surface area contributed by atoms with Crippen LogP contribution >= 0.6 is 23.2 Å². The van der Waals surface area contributed by atoms with Crippen molar-refractivity contribution in [2.24, 2.45) is 0 Å². The van der Waals surface area contributed by atoms with E-state index in [-0.39, 0.29) is 0 Å². The zero-order valence-electron chi connectivity index (χ0n) is 6.19. The Morgan fingerprint density at radius 1 is 1.09 bits per heavy atom. The maximum absolute atomic E-state index is 5.67. The van der Waals surface area contributed by atoms with E-state index in [1.165, 1.54) is 5.56 Å². The van der Waals surface area contributed by atoms with Crippen molar-refractivity contribution >= 4 is 23.2 Å². The summed E-state index contributed by atoms with van der Waals surface area (Å²) in [5.41, 5.74) is 2.42. The van der Waals surface area contributed by atoms with Crippen molar-refractivity contribution in [3.05, 3.63) is 35.4 Å². The van der Waals surface area contributed by atoms with Crippen molar-refractivity contribution in [3.8, 4) is 0 Å². The molecule has 11 heavy (non-hydrogen) atoms. The van der Waals surface area contributed by atoms with Crippen LogP contribution in [0.25, 0.3) is 0 Å². The molecular weight excluding hydrogens is 179 g/mol. The van der Waals surface area contributed by atoms with Gasteiger partial charge in [0, 0.05) is 11.8 Å². The standard InChI is InChI=1S/C9H10Cl2/c10-5-4-8-2-1-3-9(6-8)7-11/h1-3,6H,4-5,7H2. The maximum Gasteiger partial charge on any atom is 0.0474 e. The molecule has 0 bridgehead atoms. The predicted molar refractivity (Wildman–Crippen MR) is 50.4 cm³/mol. The smallest absolute Gasteiger partial charge is 0.0474 e. The normalized spacial score (nSPS) is 10.0. The fourth-order valence-corrected chi connectivity index (χ4v) is 1.36. The Balaban J connectivity index is 2.74. The molecule has 0 aromatic heterocycles. The summed E-state index contributed by atoms with van der Waals surface area (Å²) < 4.78 is 0. The summed E-state index contributed by atoms with van der Waals surface area (Å²) in [5, 5.41) is 0. The molecule has 0 nitrogen and oxygen atoms in total. The number of hydrogen-bond donors (Lipinski definition) is 0. The van der Waals surface area contributed by atoms with Crippen molar-refractivity contribution in [3.63, 3.8) is 0 Å². The molecule has 0 aliphatic rings. The van der Waals surface area contributed by atoms with Crippen LogP contribution in [-0.2, 0) is 12.3 Å². The fraction of sp³-hybridized carbons (Fsp3) is 0.333. The van der Waals surface area contributed by atoms with Gasteiger partial charge >= 0.3 is 0 Å². The molecule has 0 heterocycles. The largest absolute Gasteiger partial charge is 0.126 e. The Labute approximate surface area is 77.1 Å². The minimum Gasteiger partial charge on any atom is -0.126 e. The summed E-state index contributed by atoms with van der Waals surface area (Å²) in [6.45, 7) is 0. The van der Waals surface area contributed by atoms with E-state index < -0.39 is 0 Å². The Kier molecular flexibility index (Phi) is 3.74. The van der Waals surface area contributed by atoms with Gasteiger partial charge in [-0.15, -0.1) is 23.2 Å². The van der Waals surface area contributed by atoms with Crippen LogP contribution in [0.5, 0.6) is 0 Å². The Morgan fingerprint density at radius 2 is 1.82 bits per heavy atom. The van der Waals surface area contributed by atoms with Crippen molar-refractivity contribution in [1.82, 2.24) is 0 Å². The third kappa shape index (κ3) is 2.72. The Hall–Kier alpha value is -0.200. The van der Waals surface area contributed by atoms with E-state index >= 15 is 0 Å². The average molecular weight is 189 g/mol. The molecule has 0 atom stereocenters. The van der Waals surface area contributed by atoms with Gasteiger partial charge in [0.15, 0.2) is 0 Å². The van der Waals surface area contributed by atoms with E-state index in [1.54, 1.807) is 0 Å². The number of hydrogen-bond acceptors (Lipinski definition) is 0. The first-order chi connectivity index (χ1) is 5.36. The van der Waals surface area contributed by atoms with Crippen molar-refractivity contribution in [2.75, 3.05) is 5.88 Å². The maximum atomic E-state index is 5.67. The SMILES string of the molecule is ClCCc1cccc(CCl)c1. The first kappa shape index (κ1) is 8.89. The van der Waals surface area contributed by atoms with Crippen molar-refractivity contribution in [1.29, 1.82) is 0 Å². The molecule has 0 aliphatic carbocycles. The molecule has 0 fully saturated rings. The van der Waals surface area contributed by atoms with Gasteiger partial charge in [-0.05, 0) is 17.5 Å². The summed E-state index contributed by atoms with van der Waals surface area (Å²) in [6.07, 6.45) is 0.923. The number of halogens is 2. The molecule has 1 rings (SSSR count). The van der Waals surface area contributed by atoms with Crippen LogP contribution in [0.15, 0.2) is 24.3 Å². The zero-order valence-corrected chi connectivity index (χ0v) is 7.70. The third-order valence-corrected chi connectivity index (χ3v) is 2.03. The minimum atomic E-state index is 0.579. The number of rotatable bonds is 3. The summed E-state index contributed by atoms with van der Waals surface area (Å²) in [6, 6.07) is 8.19. The van der Waals surface area contributed by atoms with Gasteiger partial charge in [0.2, 0.25) is 0 Å². The third-order valence-electron chi connectivity index (χ3n) is 1.53. The lowest BCUT2D eigenvalue weighted by Gasteiger charge is -1.99. The first-order valence-corrected chi connectivity index (χ1v) is 4.63. The topological polar surface area (TPSA) is 0 Å². The molecule has 0 amide bonds. The van der Waals surface area contributed by atoms with E-state index in [0.717, 1.165) is 12.0 Å². The summed E-state index contributed by atoms with van der Waals surface area (Å²) >= 11 is 11.3. The molecule has 0 spiro atoms. The van der Waals surface area contributed by atoms with Crippen molar-refractivity contribution < 1.29 is 0 Å². The minimum absolute atomic E-state index is 0.579. The second kappa shape index (κ2) is 4.63. The van der Waals surface area contributed by atoms with Crippen LogP contribution in [0.3, 0.4) is 0 Å². The van der Waals surface area contributed by atoms with E-state index in [1.807, 2.05) is 12.1 Å². The zero-order chi connectivity index (χ0) is 8.10. The fourth-order valence-electron chi connectivity index (χ4n) is 0.977. The molecule has 0 unspecified atom stereocenters. The summed E-state index contributed by atoms with van der Waals surface area (Å²) in [4.78, 5) is 0. The molecule has 0 saturated heterocycles. The van der Waals surface area contributed by atoms with Crippen LogP contribution in [0.1, 0.15) is 11.1 Å². The van der Waals surface area contributed by atoms with E-state index in [0.29, 0.717) is 11.8 Å². The first-order valence-electron chi connectivity index (χ1n) is 3.56. The molecule has 0 aliphatic heterocycles. The highest BCUT2D eigenvalue weighted by atomic mass is 35.5. The summed E-state index contributed by atoms with van der Waals surface area (Å²) in [7, 11) is 0. The molecule has 1 aromatic carbocycles. The lowest BCUT2D eigenvalue weighted by atomic mass is 10.1. The van der Waals surface area contributed by atoms with Crippen LogP contribution in [0.4, 0.5) is 0 Å². The highest BCUT2D eigenvalue weighted by Gasteiger charge is 1.93. The van der Waals surface area contributed by atoms with Gasteiger partial charge in [-0.1, -0.05) is 24.3 Å². The van der Waals surface area contributed by atoms with Gasteiger partial charge in [0.25, 0.3) is 0 Å². The van der Waals surface area contributed by atoms with Crippen LogP contribution in [0.2, 0.25) is 0 Å². The molecular formula is C9H10Cl2. The summed E-state index contributed by atoms with van der Waals surface area (Å²) in [5.74, 6) is 1.25. The second-order valence-corrected chi connectivity index (χ2v) is 3.04. The number of alkyl halides is 2. The lowest BCUT2D eigenvalue weighted by Crippen LogP contribution is -1.87. The predicted octanol–water partition coefficient (Wildman–Crippen LogP) is 3.21. The molecule has 2 heteroatoms. The van der Waals surface area contributed by atoms with Gasteiger partial charge in [-0.2, -0.15) is 0 Å². The second-order valence-electron chi connectivity index (χ2n) is 2.39. The number of benzene rings is 1. The monoisotopic (exact) mass is 188 g/mol. The van der Waals surface area contributed by atoms with E-state index in [2.05, 4.69) is 12.1 Å². The van der Waals surface area contributed by atoms with Crippen LogP contribution in [-0.4, -0.2) is 5.88 Å². The molecule has 0 saturated carbocycles. The molecule has 0 N–H and O–H groups in total. The van der Waals surface area contributed by atoms with Gasteiger partial charge in [-0.3, -0.25) is 0 Å². The highest BCUT2D eigenvalue weighted by Crippen LogP contribution is 2.08. The molecule has 1 aromatic rings. The van der Waals surface area contributed by atoms with Gasteiger partial charge in [0.05, 0.1) is 0 Å². The van der Waals surface area contributed by atoms with Gasteiger partial charge < -0.3 is 0 Å².